The molecule has 0 aromatic heterocycles. The smallest absolute Gasteiger partial charge is 0.306 e. The zero-order valence-electron chi connectivity index (χ0n) is 52.8. The fourth-order valence-corrected chi connectivity index (χ4v) is 9.10. The Morgan fingerprint density at radius 1 is 0.259 bits per heavy atom. The van der Waals surface area contributed by atoms with E-state index in [-0.39, 0.29) is 31.1 Å². The Hall–Kier alpha value is -4.45. The number of hydrogen-bond acceptors (Lipinski definition) is 6. The molecule has 0 amide bonds. The van der Waals surface area contributed by atoms with Gasteiger partial charge in [0.05, 0.1) is 0 Å². The number of unbranched alkanes of at least 4 members (excludes halogenated alkanes) is 27. The highest BCUT2D eigenvalue weighted by atomic mass is 16.6. The van der Waals surface area contributed by atoms with E-state index in [1.165, 1.54) is 128 Å². The van der Waals surface area contributed by atoms with E-state index in [0.29, 0.717) is 25.7 Å². The molecule has 0 aliphatic carbocycles. The molecule has 0 rings (SSSR count). The maximum Gasteiger partial charge on any atom is 0.306 e. The number of carbonyl (C=O) groups excluding carboxylic acids is 3. The van der Waals surface area contributed by atoms with Crippen LogP contribution in [0.1, 0.15) is 303 Å². The van der Waals surface area contributed by atoms with Crippen molar-refractivity contribution in [3.8, 4) is 0 Å². The third kappa shape index (κ3) is 66.2. The molecule has 460 valence electrons. The van der Waals surface area contributed by atoms with Gasteiger partial charge in [-0.3, -0.25) is 14.4 Å². The molecule has 0 heterocycles. The number of ether oxygens (including phenoxy) is 3. The standard InChI is InChI=1S/C75H124O6/c1-4-7-10-13-16-19-22-24-26-28-30-31-32-33-34-35-36-37-38-39-40-41-42-43-45-46-48-50-53-56-59-62-65-68-74(77)80-71-72(70-79-73(76)67-64-61-58-55-52-21-18-15-12-9-6-3)81-75(78)69-66-63-60-57-54-51-49-47-44-29-27-25-23-20-17-14-11-8-5-2/h7,10,15-16,18-19,24,26,30-31,33-34,36-37,39-40,42-43,46,48,53,56,72H,4-6,8-9,11-14,17,20-23,25,27-29,32,35,38,41,44-45,47,49-52,54-55,57-71H2,1-3H3/b10-7-,18-15-,19-16-,26-24-,31-30-,34-33-,37-36-,40-39-,43-42-,48-46-,56-53-. The Bertz CT molecular complexity index is 1720. The fraction of sp³-hybridized carbons (Fsp3) is 0.667. The van der Waals surface area contributed by atoms with Crippen LogP contribution in [0.4, 0.5) is 0 Å². The van der Waals surface area contributed by atoms with E-state index >= 15 is 0 Å². The number of carbonyl (C=O) groups is 3. The summed E-state index contributed by atoms with van der Waals surface area (Å²) in [5, 5.41) is 0. The molecule has 1 atom stereocenters. The summed E-state index contributed by atoms with van der Waals surface area (Å²) in [5.74, 6) is -0.945. The minimum absolute atomic E-state index is 0.0966. The van der Waals surface area contributed by atoms with E-state index < -0.39 is 6.10 Å². The second kappa shape index (κ2) is 68.1. The third-order valence-electron chi connectivity index (χ3n) is 14.1. The minimum atomic E-state index is -0.802. The molecule has 0 spiro atoms. The minimum Gasteiger partial charge on any atom is -0.462 e. The Labute approximate surface area is 500 Å². The molecule has 6 heteroatoms. The van der Waals surface area contributed by atoms with Crippen molar-refractivity contribution in [2.75, 3.05) is 13.2 Å². The maximum absolute atomic E-state index is 12.9. The highest BCUT2D eigenvalue weighted by Crippen LogP contribution is 2.16. The number of esters is 3. The molecule has 0 saturated heterocycles. The van der Waals surface area contributed by atoms with Crippen molar-refractivity contribution in [3.05, 3.63) is 134 Å². The molecule has 81 heavy (non-hydrogen) atoms. The van der Waals surface area contributed by atoms with Gasteiger partial charge >= 0.3 is 17.9 Å². The van der Waals surface area contributed by atoms with Gasteiger partial charge in [0.25, 0.3) is 0 Å². The van der Waals surface area contributed by atoms with Crippen molar-refractivity contribution in [2.24, 2.45) is 0 Å². The van der Waals surface area contributed by atoms with Crippen LogP contribution >= 0.6 is 0 Å². The van der Waals surface area contributed by atoms with E-state index in [1.54, 1.807) is 0 Å². The van der Waals surface area contributed by atoms with Gasteiger partial charge in [0.15, 0.2) is 6.10 Å². The van der Waals surface area contributed by atoms with Crippen molar-refractivity contribution in [1.82, 2.24) is 0 Å². The molecular weight excluding hydrogens is 997 g/mol. The summed E-state index contributed by atoms with van der Waals surface area (Å²) in [6.07, 6.45) is 96.2. The molecule has 0 radical (unpaired) electrons. The molecule has 0 aliphatic heterocycles. The third-order valence-corrected chi connectivity index (χ3v) is 14.1. The first-order valence-electron chi connectivity index (χ1n) is 33.7. The number of hydrogen-bond donors (Lipinski definition) is 0. The van der Waals surface area contributed by atoms with Gasteiger partial charge in [-0.15, -0.1) is 0 Å². The van der Waals surface area contributed by atoms with Crippen molar-refractivity contribution in [1.29, 1.82) is 0 Å². The Morgan fingerprint density at radius 2 is 0.494 bits per heavy atom. The van der Waals surface area contributed by atoms with Crippen LogP contribution < -0.4 is 0 Å². The van der Waals surface area contributed by atoms with Gasteiger partial charge in [0, 0.05) is 19.3 Å². The van der Waals surface area contributed by atoms with Crippen molar-refractivity contribution in [3.63, 3.8) is 0 Å². The molecule has 0 aliphatic rings. The first-order chi connectivity index (χ1) is 40.0. The largest absolute Gasteiger partial charge is 0.462 e. The molecule has 0 N–H and O–H groups in total. The average Bonchev–Trinajstić information content (AvgIpc) is 3.47. The van der Waals surface area contributed by atoms with Crippen LogP contribution in [0, 0.1) is 0 Å². The lowest BCUT2D eigenvalue weighted by molar-refractivity contribution is -0.167. The van der Waals surface area contributed by atoms with Gasteiger partial charge in [-0.1, -0.05) is 302 Å². The van der Waals surface area contributed by atoms with E-state index in [1.807, 2.05) is 0 Å². The molecule has 0 aromatic carbocycles. The first-order valence-corrected chi connectivity index (χ1v) is 33.7. The summed E-state index contributed by atoms with van der Waals surface area (Å²) in [6, 6.07) is 0. The summed E-state index contributed by atoms with van der Waals surface area (Å²) in [5.41, 5.74) is 0. The zero-order valence-corrected chi connectivity index (χ0v) is 52.8. The van der Waals surface area contributed by atoms with Crippen LogP contribution in [0.15, 0.2) is 134 Å². The normalized spacial score (nSPS) is 13.0. The van der Waals surface area contributed by atoms with Crippen LogP contribution in [-0.2, 0) is 28.6 Å². The molecule has 0 saturated carbocycles. The topological polar surface area (TPSA) is 78.9 Å². The van der Waals surface area contributed by atoms with E-state index in [4.69, 9.17) is 14.2 Å². The van der Waals surface area contributed by atoms with E-state index in [9.17, 15) is 14.4 Å². The second-order valence-electron chi connectivity index (χ2n) is 22.0. The molecule has 6 nitrogen and oxygen atoms in total. The summed E-state index contributed by atoms with van der Waals surface area (Å²) < 4.78 is 16.9. The first kappa shape index (κ1) is 76.5. The van der Waals surface area contributed by atoms with Gasteiger partial charge in [0.1, 0.15) is 13.2 Å². The van der Waals surface area contributed by atoms with Crippen molar-refractivity contribution >= 4 is 17.9 Å². The second-order valence-corrected chi connectivity index (χ2v) is 22.0. The maximum atomic E-state index is 12.9. The lowest BCUT2D eigenvalue weighted by Crippen LogP contribution is -2.30. The molecule has 0 aromatic rings. The Morgan fingerprint density at radius 3 is 0.827 bits per heavy atom. The van der Waals surface area contributed by atoms with Gasteiger partial charge in [-0.2, -0.15) is 0 Å². The van der Waals surface area contributed by atoms with Crippen LogP contribution in [-0.4, -0.2) is 37.2 Å². The molecular formula is C75H124O6. The van der Waals surface area contributed by atoms with E-state index in [2.05, 4.69) is 154 Å². The average molecular weight is 1120 g/mol. The van der Waals surface area contributed by atoms with Crippen LogP contribution in [0.2, 0.25) is 0 Å². The number of rotatable bonds is 60. The predicted octanol–water partition coefficient (Wildman–Crippen LogP) is 23.3. The summed E-state index contributed by atoms with van der Waals surface area (Å²) in [7, 11) is 0. The van der Waals surface area contributed by atoms with E-state index in [0.717, 1.165) is 128 Å². The monoisotopic (exact) mass is 1120 g/mol. The number of allylic oxidation sites excluding steroid dienone is 22. The summed E-state index contributed by atoms with van der Waals surface area (Å²) in [4.78, 5) is 38.3. The molecule has 0 fully saturated rings. The summed E-state index contributed by atoms with van der Waals surface area (Å²) >= 11 is 0. The molecule has 1 unspecified atom stereocenters. The predicted molar refractivity (Wildman–Crippen MR) is 353 cm³/mol. The highest BCUT2D eigenvalue weighted by molar-refractivity contribution is 5.71. The fourth-order valence-electron chi connectivity index (χ4n) is 9.10. The van der Waals surface area contributed by atoms with Crippen LogP contribution in [0.5, 0.6) is 0 Å². The SMILES string of the molecule is CC/C=C\C/C=C\C/C=C\C/C=C\C/C=C\C/C=C\C/C=C\C/C=C\C/C=C\C/C=C\CCCCC(=O)OCC(COC(=O)CCCCCCC/C=C\CCCC)OC(=O)CCCCCCCCCCCCCCCCCCCCC. The summed E-state index contributed by atoms with van der Waals surface area (Å²) in [6.45, 7) is 6.47. The van der Waals surface area contributed by atoms with Crippen LogP contribution in [0.25, 0.3) is 0 Å². The van der Waals surface area contributed by atoms with Crippen molar-refractivity contribution < 1.29 is 28.6 Å². The quantitative estimate of drug-likeness (QED) is 0.0261. The van der Waals surface area contributed by atoms with Crippen molar-refractivity contribution in [2.45, 2.75) is 309 Å². The Kier molecular flexibility index (Phi) is 64.3. The van der Waals surface area contributed by atoms with Gasteiger partial charge in [-0.25, -0.2) is 0 Å². The van der Waals surface area contributed by atoms with Gasteiger partial charge in [0.2, 0.25) is 0 Å². The lowest BCUT2D eigenvalue weighted by Gasteiger charge is -2.18. The Balaban J connectivity index is 4.34. The lowest BCUT2D eigenvalue weighted by atomic mass is 10.0. The zero-order chi connectivity index (χ0) is 58.5. The molecule has 0 bridgehead atoms. The van der Waals surface area contributed by atoms with Gasteiger partial charge < -0.3 is 14.2 Å². The highest BCUT2D eigenvalue weighted by Gasteiger charge is 2.19. The van der Waals surface area contributed by atoms with Crippen LogP contribution in [0.3, 0.4) is 0 Å². The van der Waals surface area contributed by atoms with Gasteiger partial charge in [-0.05, 0) is 116 Å².